The molecule has 0 aliphatic rings. The molecule has 0 saturated heterocycles. The molecule has 108 valence electrons. The molecule has 4 nitrogen and oxygen atoms in total. The summed E-state index contributed by atoms with van der Waals surface area (Å²) in [5, 5.41) is 6.02. The van der Waals surface area contributed by atoms with Gasteiger partial charge in [-0.15, -0.1) is 0 Å². The largest absolute Gasteiger partial charge is 0.338 e. The minimum absolute atomic E-state index is 0.308. The number of aromatic nitrogens is 1. The molecule has 0 radical (unpaired) electrons. The first-order valence-corrected chi connectivity index (χ1v) is 8.16. The zero-order chi connectivity index (χ0) is 14.9. The van der Waals surface area contributed by atoms with Crippen LogP contribution in [0.1, 0.15) is 6.92 Å². The van der Waals surface area contributed by atoms with Crippen LogP contribution in [0.3, 0.4) is 0 Å². The number of carbonyl (C=O) groups is 1. The molecule has 1 aromatic heterocycles. The van der Waals surface area contributed by atoms with Gasteiger partial charge in [-0.05, 0) is 18.2 Å². The van der Waals surface area contributed by atoms with E-state index in [0.717, 1.165) is 14.7 Å². The van der Waals surface area contributed by atoms with Crippen LogP contribution >= 0.6 is 62.1 Å². The summed E-state index contributed by atoms with van der Waals surface area (Å²) in [5.74, 6) is -0.308. The fourth-order valence-electron chi connectivity index (χ4n) is 1.49. The van der Waals surface area contributed by atoms with E-state index in [9.17, 15) is 4.79 Å². The molecule has 0 saturated carbocycles. The highest BCUT2D eigenvalue weighted by atomic mass is 79.9. The summed E-state index contributed by atoms with van der Waals surface area (Å²) in [7, 11) is 0. The van der Waals surface area contributed by atoms with E-state index < -0.39 is 9.96 Å². The standard InChI is InChI=1S/C11H9BrCl3N3OS/c1-5(19)16-9(11(13,14)15)18-10-17-7-3-2-6(12)4-8(7)20-10/h2-4,9H,1H3,(H,16,19)(H,17,18)/t9-/m1/s1. The highest BCUT2D eigenvalue weighted by molar-refractivity contribution is 9.10. The first-order chi connectivity index (χ1) is 9.25. The molecule has 0 unspecified atom stereocenters. The molecule has 1 heterocycles. The third kappa shape index (κ3) is 4.11. The highest BCUT2D eigenvalue weighted by Crippen LogP contribution is 2.34. The molecule has 2 rings (SSSR count). The number of anilines is 1. The smallest absolute Gasteiger partial charge is 0.228 e. The number of thiazole rings is 1. The van der Waals surface area contributed by atoms with E-state index in [4.69, 9.17) is 34.8 Å². The van der Waals surface area contributed by atoms with Crippen LogP contribution in [0, 0.1) is 0 Å². The van der Waals surface area contributed by atoms with E-state index in [-0.39, 0.29) is 5.91 Å². The first-order valence-electron chi connectivity index (χ1n) is 5.42. The molecule has 2 N–H and O–H groups in total. The van der Waals surface area contributed by atoms with Gasteiger partial charge in [0.1, 0.15) is 6.17 Å². The van der Waals surface area contributed by atoms with Gasteiger partial charge in [-0.25, -0.2) is 4.98 Å². The van der Waals surface area contributed by atoms with Crippen molar-refractivity contribution in [1.82, 2.24) is 10.3 Å². The van der Waals surface area contributed by atoms with Crippen LogP contribution in [0.15, 0.2) is 22.7 Å². The van der Waals surface area contributed by atoms with Crippen molar-refractivity contribution in [3.63, 3.8) is 0 Å². The Morgan fingerprint density at radius 1 is 1.45 bits per heavy atom. The van der Waals surface area contributed by atoms with Gasteiger partial charge >= 0.3 is 0 Å². The van der Waals surface area contributed by atoms with Gasteiger partial charge in [-0.2, -0.15) is 0 Å². The average molecular weight is 418 g/mol. The van der Waals surface area contributed by atoms with E-state index in [0.29, 0.717) is 5.13 Å². The summed E-state index contributed by atoms with van der Waals surface area (Å²) in [6, 6.07) is 5.72. The number of rotatable bonds is 3. The Hall–Kier alpha value is -0.270. The van der Waals surface area contributed by atoms with Crippen molar-refractivity contribution in [2.75, 3.05) is 5.32 Å². The topological polar surface area (TPSA) is 54.0 Å². The summed E-state index contributed by atoms with van der Waals surface area (Å²) in [5.41, 5.74) is 0.826. The highest BCUT2D eigenvalue weighted by Gasteiger charge is 2.34. The average Bonchev–Trinajstić information content (AvgIpc) is 2.67. The van der Waals surface area contributed by atoms with Gasteiger partial charge in [-0.1, -0.05) is 62.1 Å². The number of amides is 1. The number of hydrogen-bond acceptors (Lipinski definition) is 4. The second-order valence-electron chi connectivity index (χ2n) is 3.95. The lowest BCUT2D eigenvalue weighted by Crippen LogP contribution is -2.48. The van der Waals surface area contributed by atoms with Crippen LogP contribution in [-0.4, -0.2) is 20.8 Å². The number of nitrogens with one attached hydrogen (secondary N) is 2. The third-order valence-corrected chi connectivity index (χ3v) is 4.39. The fraction of sp³-hybridized carbons (Fsp3) is 0.273. The number of nitrogens with zero attached hydrogens (tertiary/aromatic N) is 1. The van der Waals surface area contributed by atoms with E-state index in [2.05, 4.69) is 31.5 Å². The Morgan fingerprint density at radius 2 is 2.15 bits per heavy atom. The van der Waals surface area contributed by atoms with E-state index in [1.165, 1.54) is 18.3 Å². The van der Waals surface area contributed by atoms with Gasteiger partial charge in [0.25, 0.3) is 0 Å². The monoisotopic (exact) mass is 415 g/mol. The number of halogens is 4. The molecule has 1 atom stereocenters. The number of alkyl halides is 3. The van der Waals surface area contributed by atoms with Crippen LogP contribution < -0.4 is 10.6 Å². The van der Waals surface area contributed by atoms with Crippen molar-refractivity contribution < 1.29 is 4.79 Å². The van der Waals surface area contributed by atoms with Crippen molar-refractivity contribution in [3.05, 3.63) is 22.7 Å². The molecular formula is C11H9BrCl3N3OS. The van der Waals surface area contributed by atoms with Crippen LogP contribution in [0.5, 0.6) is 0 Å². The lowest BCUT2D eigenvalue weighted by molar-refractivity contribution is -0.119. The molecule has 0 fully saturated rings. The van der Waals surface area contributed by atoms with E-state index in [1.54, 1.807) is 0 Å². The summed E-state index contributed by atoms with van der Waals surface area (Å²) in [6.07, 6.45) is -0.867. The molecule has 2 aromatic rings. The molecule has 1 amide bonds. The van der Waals surface area contributed by atoms with Gasteiger partial charge < -0.3 is 10.6 Å². The third-order valence-electron chi connectivity index (χ3n) is 2.29. The Balaban J connectivity index is 2.26. The number of benzene rings is 1. The summed E-state index contributed by atoms with van der Waals surface area (Å²) < 4.78 is 0.247. The second kappa shape index (κ2) is 6.23. The van der Waals surface area contributed by atoms with Crippen LogP contribution in [0.25, 0.3) is 10.2 Å². The van der Waals surface area contributed by atoms with Crippen molar-refractivity contribution in [2.24, 2.45) is 0 Å². The maximum absolute atomic E-state index is 11.2. The molecular weight excluding hydrogens is 408 g/mol. The van der Waals surface area contributed by atoms with Crippen LogP contribution in [0.2, 0.25) is 0 Å². The molecule has 20 heavy (non-hydrogen) atoms. The van der Waals surface area contributed by atoms with Crippen molar-refractivity contribution in [1.29, 1.82) is 0 Å². The first kappa shape index (κ1) is 16.1. The van der Waals surface area contributed by atoms with E-state index in [1.807, 2.05) is 18.2 Å². The predicted octanol–water partition coefficient (Wildman–Crippen LogP) is 4.30. The minimum Gasteiger partial charge on any atom is -0.338 e. The van der Waals surface area contributed by atoms with Gasteiger partial charge in [-0.3, -0.25) is 4.79 Å². The fourth-order valence-corrected chi connectivity index (χ4v) is 3.26. The Labute approximate surface area is 142 Å². The van der Waals surface area contributed by atoms with Gasteiger partial charge in [0.05, 0.1) is 10.2 Å². The second-order valence-corrected chi connectivity index (χ2v) is 8.27. The van der Waals surface area contributed by atoms with Crippen molar-refractivity contribution >= 4 is 83.3 Å². The van der Waals surface area contributed by atoms with Gasteiger partial charge in [0, 0.05) is 11.4 Å². The van der Waals surface area contributed by atoms with Gasteiger partial charge in [0.15, 0.2) is 5.13 Å². The molecule has 0 aliphatic heterocycles. The minimum atomic E-state index is -1.69. The summed E-state index contributed by atoms with van der Waals surface area (Å²) in [6.45, 7) is 1.35. The van der Waals surface area contributed by atoms with E-state index >= 15 is 0 Å². The van der Waals surface area contributed by atoms with Crippen LogP contribution in [0.4, 0.5) is 5.13 Å². The molecule has 0 bridgehead atoms. The zero-order valence-electron chi connectivity index (χ0n) is 10.1. The Morgan fingerprint density at radius 3 is 2.75 bits per heavy atom. The summed E-state index contributed by atoms with van der Waals surface area (Å²) >= 11 is 22.3. The predicted molar refractivity (Wildman–Crippen MR) is 88.8 cm³/mol. The normalized spacial score (nSPS) is 13.2. The quantitative estimate of drug-likeness (QED) is 0.578. The van der Waals surface area contributed by atoms with Crippen molar-refractivity contribution in [3.8, 4) is 0 Å². The van der Waals surface area contributed by atoms with Gasteiger partial charge in [0.2, 0.25) is 9.70 Å². The molecule has 1 aromatic carbocycles. The number of carbonyl (C=O) groups excluding carboxylic acids is 1. The van der Waals surface area contributed by atoms with Crippen molar-refractivity contribution in [2.45, 2.75) is 16.9 Å². The maximum Gasteiger partial charge on any atom is 0.228 e. The maximum atomic E-state index is 11.2. The number of fused-ring (bicyclic) bond motifs is 1. The number of hydrogen-bond donors (Lipinski definition) is 2. The lowest BCUT2D eigenvalue weighted by Gasteiger charge is -2.25. The lowest BCUT2D eigenvalue weighted by atomic mass is 10.3. The summed E-state index contributed by atoms with van der Waals surface area (Å²) in [4.78, 5) is 15.5. The molecule has 9 heteroatoms. The molecule has 0 spiro atoms. The Bertz CT molecular complexity index is 643. The Kier molecular flexibility index (Phi) is 5.02. The SMILES string of the molecule is CC(=O)N[C@H](Nc1nc2ccc(Br)cc2s1)C(Cl)(Cl)Cl. The zero-order valence-corrected chi connectivity index (χ0v) is 14.8. The molecule has 0 aliphatic carbocycles. The van der Waals surface area contributed by atoms with Crippen LogP contribution in [-0.2, 0) is 4.79 Å².